The highest BCUT2D eigenvalue weighted by atomic mass is 19.1. The van der Waals surface area contributed by atoms with Crippen molar-refractivity contribution in [3.63, 3.8) is 0 Å². The maximum atomic E-state index is 13.4. The number of nitrogens with one attached hydrogen (secondary N) is 1. The third-order valence-corrected chi connectivity index (χ3v) is 5.61. The number of carbonyl (C=O) groups is 1. The number of anilines is 2. The topological polar surface area (TPSA) is 58.1 Å². The molecule has 2 heterocycles. The summed E-state index contributed by atoms with van der Waals surface area (Å²) < 4.78 is 13.4. The van der Waals surface area contributed by atoms with E-state index in [0.29, 0.717) is 17.5 Å². The monoisotopic (exact) mass is 368 g/mol. The molecular weight excluding hydrogens is 343 g/mol. The summed E-state index contributed by atoms with van der Waals surface area (Å²) in [6, 6.07) is 8.17. The molecule has 1 aliphatic heterocycles. The van der Waals surface area contributed by atoms with Gasteiger partial charge in [0.2, 0.25) is 11.9 Å². The highest BCUT2D eigenvalue weighted by Crippen LogP contribution is 2.31. The number of rotatable bonds is 4. The fraction of sp³-hybridized carbons (Fsp3) is 0.476. The average Bonchev–Trinajstić information content (AvgIpc) is 3.23. The minimum absolute atomic E-state index is 0.222. The van der Waals surface area contributed by atoms with E-state index in [2.05, 4.69) is 15.3 Å². The molecule has 2 aliphatic rings. The second-order valence-corrected chi connectivity index (χ2v) is 7.55. The molecule has 1 aromatic carbocycles. The number of carbonyl (C=O) groups excluding carboxylic acids is 1. The van der Waals surface area contributed by atoms with E-state index in [0.717, 1.165) is 44.5 Å². The van der Waals surface area contributed by atoms with E-state index in [-0.39, 0.29) is 17.7 Å². The largest absolute Gasteiger partial charge is 0.342 e. The van der Waals surface area contributed by atoms with Crippen molar-refractivity contribution in [1.29, 1.82) is 0 Å². The zero-order chi connectivity index (χ0) is 18.6. The van der Waals surface area contributed by atoms with Gasteiger partial charge in [0.15, 0.2) is 0 Å². The molecular formula is C21H25FN4O. The van der Waals surface area contributed by atoms with E-state index in [9.17, 15) is 9.18 Å². The minimum Gasteiger partial charge on any atom is -0.342 e. The van der Waals surface area contributed by atoms with Crippen molar-refractivity contribution < 1.29 is 9.18 Å². The van der Waals surface area contributed by atoms with Crippen LogP contribution in [0.2, 0.25) is 0 Å². The van der Waals surface area contributed by atoms with Crippen molar-refractivity contribution in [2.24, 2.45) is 5.92 Å². The maximum Gasteiger partial charge on any atom is 0.227 e. The molecule has 1 amide bonds. The Balaban J connectivity index is 1.45. The third kappa shape index (κ3) is 4.26. The first-order valence-corrected chi connectivity index (χ1v) is 9.83. The fourth-order valence-electron chi connectivity index (χ4n) is 4.21. The van der Waals surface area contributed by atoms with Crippen LogP contribution in [0, 0.1) is 11.7 Å². The highest BCUT2D eigenvalue weighted by molar-refractivity contribution is 5.79. The van der Waals surface area contributed by atoms with Gasteiger partial charge in [-0.05, 0) is 49.9 Å². The van der Waals surface area contributed by atoms with E-state index < -0.39 is 0 Å². The molecule has 2 aromatic rings. The van der Waals surface area contributed by atoms with Crippen molar-refractivity contribution >= 4 is 17.5 Å². The standard InChI is InChI=1S/C21H25FN4O/c22-17-8-3-9-18(13-17)24-21-23-11-10-19(25-21)16-7-4-12-26(14-16)20(27)15-5-1-2-6-15/h3,8-11,13,15-16H,1-2,4-7,12,14H2,(H,23,24,25)/t16-/m1/s1. The smallest absolute Gasteiger partial charge is 0.227 e. The van der Waals surface area contributed by atoms with Crippen LogP contribution in [0.15, 0.2) is 36.5 Å². The molecule has 1 saturated heterocycles. The van der Waals surface area contributed by atoms with Gasteiger partial charge in [-0.3, -0.25) is 4.79 Å². The van der Waals surface area contributed by atoms with Crippen LogP contribution in [0.4, 0.5) is 16.0 Å². The molecule has 0 bridgehead atoms. The summed E-state index contributed by atoms with van der Waals surface area (Å²) >= 11 is 0. The molecule has 0 radical (unpaired) electrons. The summed E-state index contributed by atoms with van der Waals surface area (Å²) in [5, 5.41) is 3.06. The second kappa shape index (κ2) is 8.03. The number of benzene rings is 1. The summed E-state index contributed by atoms with van der Waals surface area (Å²) in [5.74, 6) is 0.922. The average molecular weight is 368 g/mol. The van der Waals surface area contributed by atoms with E-state index in [1.165, 1.54) is 25.0 Å². The summed E-state index contributed by atoms with van der Waals surface area (Å²) in [5.41, 5.74) is 1.56. The lowest BCUT2D eigenvalue weighted by Crippen LogP contribution is -2.42. The van der Waals surface area contributed by atoms with Crippen molar-refractivity contribution in [3.05, 3.63) is 48.0 Å². The van der Waals surface area contributed by atoms with Gasteiger partial charge in [-0.2, -0.15) is 0 Å². The summed E-state index contributed by atoms with van der Waals surface area (Å²) in [4.78, 5) is 23.7. The van der Waals surface area contributed by atoms with Crippen LogP contribution >= 0.6 is 0 Å². The molecule has 1 atom stereocenters. The Morgan fingerprint density at radius 3 is 2.81 bits per heavy atom. The van der Waals surface area contributed by atoms with Crippen LogP contribution in [0.3, 0.4) is 0 Å². The van der Waals surface area contributed by atoms with Gasteiger partial charge in [-0.1, -0.05) is 18.9 Å². The molecule has 0 unspecified atom stereocenters. The number of nitrogens with zero attached hydrogens (tertiary/aromatic N) is 3. The van der Waals surface area contributed by atoms with E-state index in [1.807, 2.05) is 11.0 Å². The normalized spacial score (nSPS) is 20.6. The van der Waals surface area contributed by atoms with Crippen LogP contribution in [-0.4, -0.2) is 33.9 Å². The van der Waals surface area contributed by atoms with Gasteiger partial charge in [0.25, 0.3) is 0 Å². The Morgan fingerprint density at radius 1 is 1.15 bits per heavy atom. The lowest BCUT2D eigenvalue weighted by atomic mass is 9.93. The van der Waals surface area contributed by atoms with E-state index in [1.54, 1.807) is 18.3 Å². The van der Waals surface area contributed by atoms with Gasteiger partial charge in [-0.15, -0.1) is 0 Å². The molecule has 6 heteroatoms. The number of halogens is 1. The summed E-state index contributed by atoms with van der Waals surface area (Å²) in [6.07, 6.45) is 8.17. The Bertz CT molecular complexity index is 806. The molecule has 1 N–H and O–H groups in total. The van der Waals surface area contributed by atoms with E-state index >= 15 is 0 Å². The van der Waals surface area contributed by atoms with Crippen molar-refractivity contribution in [1.82, 2.24) is 14.9 Å². The Hall–Kier alpha value is -2.50. The van der Waals surface area contributed by atoms with Gasteiger partial charge in [0, 0.05) is 36.8 Å². The number of hydrogen-bond donors (Lipinski definition) is 1. The second-order valence-electron chi connectivity index (χ2n) is 7.55. The molecule has 5 nitrogen and oxygen atoms in total. The molecule has 2 fully saturated rings. The third-order valence-electron chi connectivity index (χ3n) is 5.61. The Kier molecular flexibility index (Phi) is 5.32. The fourth-order valence-corrected chi connectivity index (χ4v) is 4.21. The first-order chi connectivity index (χ1) is 13.2. The SMILES string of the molecule is O=C(C1CCCC1)N1CCC[C@@H](c2ccnc(Nc3cccc(F)c3)n2)C1. The quantitative estimate of drug-likeness (QED) is 0.876. The van der Waals surface area contributed by atoms with Crippen LogP contribution in [-0.2, 0) is 4.79 Å². The van der Waals surface area contributed by atoms with Crippen LogP contribution in [0.5, 0.6) is 0 Å². The Morgan fingerprint density at radius 2 is 2.00 bits per heavy atom. The number of aromatic nitrogens is 2. The number of amides is 1. The van der Waals surface area contributed by atoms with Gasteiger partial charge >= 0.3 is 0 Å². The van der Waals surface area contributed by atoms with Gasteiger partial charge in [0.05, 0.1) is 5.69 Å². The lowest BCUT2D eigenvalue weighted by molar-refractivity contribution is -0.136. The summed E-state index contributed by atoms with van der Waals surface area (Å²) in [6.45, 7) is 1.58. The zero-order valence-corrected chi connectivity index (χ0v) is 15.4. The minimum atomic E-state index is -0.301. The molecule has 1 saturated carbocycles. The van der Waals surface area contributed by atoms with Crippen LogP contribution in [0.25, 0.3) is 0 Å². The van der Waals surface area contributed by atoms with Crippen LogP contribution in [0.1, 0.15) is 50.1 Å². The van der Waals surface area contributed by atoms with Gasteiger partial charge in [0.1, 0.15) is 5.82 Å². The van der Waals surface area contributed by atoms with Crippen molar-refractivity contribution in [2.45, 2.75) is 44.4 Å². The first-order valence-electron chi connectivity index (χ1n) is 9.83. The highest BCUT2D eigenvalue weighted by Gasteiger charge is 2.31. The zero-order valence-electron chi connectivity index (χ0n) is 15.4. The number of likely N-dealkylation sites (tertiary alicyclic amines) is 1. The molecule has 142 valence electrons. The van der Waals surface area contributed by atoms with Gasteiger partial charge in [-0.25, -0.2) is 14.4 Å². The summed E-state index contributed by atoms with van der Waals surface area (Å²) in [7, 11) is 0. The molecule has 27 heavy (non-hydrogen) atoms. The number of hydrogen-bond acceptors (Lipinski definition) is 4. The predicted molar refractivity (Wildman–Crippen MR) is 102 cm³/mol. The van der Waals surface area contributed by atoms with Crippen molar-refractivity contribution in [3.8, 4) is 0 Å². The lowest BCUT2D eigenvalue weighted by Gasteiger charge is -2.34. The molecule has 1 aliphatic carbocycles. The van der Waals surface area contributed by atoms with Gasteiger partial charge < -0.3 is 10.2 Å². The number of piperidine rings is 1. The van der Waals surface area contributed by atoms with Crippen molar-refractivity contribution in [2.75, 3.05) is 18.4 Å². The molecule has 0 spiro atoms. The van der Waals surface area contributed by atoms with Crippen LogP contribution < -0.4 is 5.32 Å². The Labute approximate surface area is 159 Å². The van der Waals surface area contributed by atoms with E-state index in [4.69, 9.17) is 0 Å². The molecule has 4 rings (SSSR count). The maximum absolute atomic E-state index is 13.4. The predicted octanol–water partition coefficient (Wildman–Crippen LogP) is 4.26. The molecule has 1 aromatic heterocycles. The first kappa shape index (κ1) is 17.9.